The van der Waals surface area contributed by atoms with Gasteiger partial charge in [-0.15, -0.1) is 0 Å². The van der Waals surface area contributed by atoms with Gasteiger partial charge in [0.25, 0.3) is 0 Å². The van der Waals surface area contributed by atoms with E-state index in [1.54, 1.807) is 7.11 Å². The van der Waals surface area contributed by atoms with Gasteiger partial charge < -0.3 is 9.64 Å². The van der Waals surface area contributed by atoms with Gasteiger partial charge in [0, 0.05) is 20.2 Å². The molecule has 0 spiro atoms. The molecule has 0 radical (unpaired) electrons. The Bertz CT molecular complexity index is 203. The molecule has 3 nitrogen and oxygen atoms in total. The van der Waals surface area contributed by atoms with Gasteiger partial charge in [-0.05, 0) is 24.7 Å². The average molecular weight is 197 g/mol. The first-order valence-electron chi connectivity index (χ1n) is 5.58. The predicted octanol–water partition coefficient (Wildman–Crippen LogP) is 1.28. The molecular formula is C11H19NO2. The van der Waals surface area contributed by atoms with Crippen molar-refractivity contribution in [1.82, 2.24) is 4.90 Å². The Morgan fingerprint density at radius 3 is 2.36 bits per heavy atom. The van der Waals surface area contributed by atoms with Gasteiger partial charge in [0.15, 0.2) is 0 Å². The second-order valence-electron chi connectivity index (χ2n) is 4.54. The number of nitrogens with zero attached hydrogens (tertiary/aromatic N) is 1. The molecular weight excluding hydrogens is 178 g/mol. The van der Waals surface area contributed by atoms with E-state index in [4.69, 9.17) is 4.74 Å². The van der Waals surface area contributed by atoms with Crippen LogP contribution in [0.4, 0.5) is 0 Å². The van der Waals surface area contributed by atoms with E-state index >= 15 is 0 Å². The predicted molar refractivity (Wildman–Crippen MR) is 53.9 cm³/mol. The van der Waals surface area contributed by atoms with Crippen LogP contribution in [0.15, 0.2) is 0 Å². The van der Waals surface area contributed by atoms with Crippen molar-refractivity contribution in [2.75, 3.05) is 26.8 Å². The van der Waals surface area contributed by atoms with Crippen LogP contribution in [0.2, 0.25) is 0 Å². The Labute approximate surface area is 85.4 Å². The summed E-state index contributed by atoms with van der Waals surface area (Å²) in [6.07, 6.45) is 5.35. The van der Waals surface area contributed by atoms with Crippen molar-refractivity contribution in [3.63, 3.8) is 0 Å². The third-order valence-corrected chi connectivity index (χ3v) is 3.60. The Hall–Kier alpha value is -0.570. The number of likely N-dealkylation sites (tertiary alicyclic amines) is 1. The smallest absolute Gasteiger partial charge is 0.248 e. The number of hydrogen-bond donors (Lipinski definition) is 0. The van der Waals surface area contributed by atoms with Gasteiger partial charge in [-0.2, -0.15) is 0 Å². The molecule has 1 heterocycles. The molecule has 0 aromatic rings. The fourth-order valence-electron chi connectivity index (χ4n) is 2.82. The molecule has 80 valence electrons. The monoisotopic (exact) mass is 197 g/mol. The summed E-state index contributed by atoms with van der Waals surface area (Å²) in [5.41, 5.74) is 0. The molecule has 2 fully saturated rings. The maximum absolute atomic E-state index is 11.6. The zero-order valence-corrected chi connectivity index (χ0v) is 8.87. The van der Waals surface area contributed by atoms with Crippen molar-refractivity contribution in [2.24, 2.45) is 11.8 Å². The highest BCUT2D eigenvalue weighted by Gasteiger charge is 2.35. The lowest BCUT2D eigenvalue weighted by atomic mass is 9.82. The van der Waals surface area contributed by atoms with Gasteiger partial charge in [0.05, 0.1) is 0 Å². The summed E-state index contributed by atoms with van der Waals surface area (Å²) in [4.78, 5) is 13.6. The second kappa shape index (κ2) is 4.30. The van der Waals surface area contributed by atoms with Crippen molar-refractivity contribution in [2.45, 2.75) is 25.7 Å². The molecule has 1 aliphatic carbocycles. The quantitative estimate of drug-likeness (QED) is 0.667. The topological polar surface area (TPSA) is 29.5 Å². The molecule has 1 aliphatic heterocycles. The van der Waals surface area contributed by atoms with Gasteiger partial charge >= 0.3 is 0 Å². The van der Waals surface area contributed by atoms with E-state index in [2.05, 4.69) is 0 Å². The number of hydrogen-bond acceptors (Lipinski definition) is 2. The van der Waals surface area contributed by atoms with E-state index in [9.17, 15) is 4.79 Å². The molecule has 1 saturated heterocycles. The van der Waals surface area contributed by atoms with Crippen molar-refractivity contribution in [3.05, 3.63) is 0 Å². The number of carbonyl (C=O) groups excluding carboxylic acids is 1. The first-order chi connectivity index (χ1) is 6.81. The number of carbonyl (C=O) groups is 1. The summed E-state index contributed by atoms with van der Waals surface area (Å²) in [6.45, 7) is 2.21. The summed E-state index contributed by atoms with van der Waals surface area (Å²) in [5, 5.41) is 0. The molecule has 0 bridgehead atoms. The van der Waals surface area contributed by atoms with E-state index in [0.717, 1.165) is 24.9 Å². The third kappa shape index (κ3) is 1.92. The zero-order chi connectivity index (χ0) is 9.97. The van der Waals surface area contributed by atoms with Crippen LogP contribution in [0.25, 0.3) is 0 Å². The van der Waals surface area contributed by atoms with Crippen LogP contribution in [0.1, 0.15) is 25.7 Å². The Morgan fingerprint density at radius 1 is 1.29 bits per heavy atom. The normalized spacial score (nSPS) is 31.6. The van der Waals surface area contributed by atoms with Gasteiger partial charge in [-0.3, -0.25) is 4.79 Å². The lowest BCUT2D eigenvalue weighted by Gasteiger charge is -2.22. The van der Waals surface area contributed by atoms with Crippen LogP contribution >= 0.6 is 0 Å². The van der Waals surface area contributed by atoms with Crippen molar-refractivity contribution in [1.29, 1.82) is 0 Å². The molecule has 14 heavy (non-hydrogen) atoms. The highest BCUT2D eigenvalue weighted by atomic mass is 16.5. The molecule has 1 amide bonds. The fourth-order valence-corrected chi connectivity index (χ4v) is 2.82. The van der Waals surface area contributed by atoms with Crippen LogP contribution in [0.5, 0.6) is 0 Å². The molecule has 0 aromatic heterocycles. The summed E-state index contributed by atoms with van der Waals surface area (Å²) in [6, 6.07) is 0. The average Bonchev–Trinajstić information content (AvgIpc) is 2.61. The maximum atomic E-state index is 11.6. The van der Waals surface area contributed by atoms with Crippen LogP contribution in [0.3, 0.4) is 0 Å². The summed E-state index contributed by atoms with van der Waals surface area (Å²) in [5.74, 6) is 1.73. The van der Waals surface area contributed by atoms with Crippen LogP contribution in [0, 0.1) is 11.8 Å². The lowest BCUT2D eigenvalue weighted by molar-refractivity contribution is -0.134. The highest BCUT2D eigenvalue weighted by Crippen LogP contribution is 2.35. The van der Waals surface area contributed by atoms with Gasteiger partial charge in [0.2, 0.25) is 5.91 Å². The van der Waals surface area contributed by atoms with Gasteiger partial charge in [0.1, 0.15) is 6.61 Å². The van der Waals surface area contributed by atoms with Crippen LogP contribution in [-0.2, 0) is 9.53 Å². The zero-order valence-electron chi connectivity index (χ0n) is 8.87. The van der Waals surface area contributed by atoms with Crippen LogP contribution < -0.4 is 0 Å². The third-order valence-electron chi connectivity index (χ3n) is 3.60. The van der Waals surface area contributed by atoms with E-state index in [0.29, 0.717) is 0 Å². The molecule has 2 rings (SSSR count). The number of amides is 1. The Balaban J connectivity index is 1.89. The molecule has 0 aromatic carbocycles. The Morgan fingerprint density at radius 2 is 1.86 bits per heavy atom. The molecule has 2 aliphatic rings. The molecule has 2 atom stereocenters. The number of ether oxygens (including phenoxy) is 1. The van der Waals surface area contributed by atoms with Gasteiger partial charge in [-0.25, -0.2) is 0 Å². The molecule has 1 saturated carbocycles. The molecule has 0 N–H and O–H groups in total. The highest BCUT2D eigenvalue weighted by molar-refractivity contribution is 5.77. The minimum absolute atomic E-state index is 0.168. The summed E-state index contributed by atoms with van der Waals surface area (Å²) < 4.78 is 4.88. The standard InChI is InChI=1S/C11H19NO2/c1-14-8-11(13)12-6-9-4-2-3-5-10(9)7-12/h9-10H,2-8H2,1H3/t9-,10+. The summed E-state index contributed by atoms with van der Waals surface area (Å²) in [7, 11) is 1.58. The number of rotatable bonds is 2. The summed E-state index contributed by atoms with van der Waals surface area (Å²) >= 11 is 0. The van der Waals surface area contributed by atoms with Crippen molar-refractivity contribution >= 4 is 5.91 Å². The maximum Gasteiger partial charge on any atom is 0.248 e. The first kappa shape index (κ1) is 9.97. The van der Waals surface area contributed by atoms with E-state index in [1.165, 1.54) is 25.7 Å². The van der Waals surface area contributed by atoms with E-state index < -0.39 is 0 Å². The van der Waals surface area contributed by atoms with Crippen molar-refractivity contribution < 1.29 is 9.53 Å². The first-order valence-corrected chi connectivity index (χ1v) is 5.58. The molecule has 3 heteroatoms. The van der Waals surface area contributed by atoms with Crippen LogP contribution in [-0.4, -0.2) is 37.6 Å². The SMILES string of the molecule is COCC(=O)N1C[C@H]2CCCC[C@H]2C1. The van der Waals surface area contributed by atoms with E-state index in [1.807, 2.05) is 4.90 Å². The second-order valence-corrected chi connectivity index (χ2v) is 4.54. The van der Waals surface area contributed by atoms with E-state index in [-0.39, 0.29) is 12.5 Å². The fraction of sp³-hybridized carbons (Fsp3) is 0.909. The number of methoxy groups -OCH3 is 1. The minimum atomic E-state index is 0.168. The number of fused-ring (bicyclic) bond motifs is 1. The largest absolute Gasteiger partial charge is 0.375 e. The minimum Gasteiger partial charge on any atom is -0.375 e. The van der Waals surface area contributed by atoms with Crippen molar-refractivity contribution in [3.8, 4) is 0 Å². The lowest BCUT2D eigenvalue weighted by Crippen LogP contribution is -2.31. The Kier molecular flexibility index (Phi) is 3.06. The van der Waals surface area contributed by atoms with Gasteiger partial charge in [-0.1, -0.05) is 12.8 Å². The molecule has 0 unspecified atom stereocenters.